The highest BCUT2D eigenvalue weighted by Crippen LogP contribution is 2.71. The lowest BCUT2D eigenvalue weighted by Gasteiger charge is -2.68. The quantitative estimate of drug-likeness (QED) is 0.175. The molecule has 0 aromatic rings. The van der Waals surface area contributed by atoms with E-state index >= 15 is 0 Å². The normalized spacial score (nSPS) is 51.1. The van der Waals surface area contributed by atoms with Gasteiger partial charge in [-0.3, -0.25) is 4.79 Å². The Morgan fingerprint density at radius 2 is 1.97 bits per heavy atom. The Balaban J connectivity index is 1.63. The largest absolute Gasteiger partial charge is 0.461 e. The first-order valence-corrected chi connectivity index (χ1v) is 14.0. The minimum Gasteiger partial charge on any atom is -0.461 e. The summed E-state index contributed by atoms with van der Waals surface area (Å²) in [5.74, 6) is -2.15. The molecule has 0 aromatic carbocycles. The Morgan fingerprint density at radius 1 is 1.23 bits per heavy atom. The molecule has 5 aliphatic rings. The zero-order valence-electron chi connectivity index (χ0n) is 19.9. The van der Waals surface area contributed by atoms with Crippen LogP contribution in [0.2, 0.25) is 0 Å². The molecule has 0 unspecified atom stereocenters. The second-order valence-corrected chi connectivity index (χ2v) is 12.4. The summed E-state index contributed by atoms with van der Waals surface area (Å²) >= 11 is 1.92. The number of rotatable bonds is 4. The maximum atomic E-state index is 12.6. The van der Waals surface area contributed by atoms with E-state index in [0.29, 0.717) is 19.3 Å². The summed E-state index contributed by atoms with van der Waals surface area (Å²) in [4.78, 5) is 24.4. The number of ether oxygens (including phenoxy) is 2. The number of aliphatic hydroxyl groups is 5. The van der Waals surface area contributed by atoms with Crippen molar-refractivity contribution in [3.63, 3.8) is 0 Å². The van der Waals surface area contributed by atoms with Gasteiger partial charge in [0, 0.05) is 30.3 Å². The van der Waals surface area contributed by atoms with Crippen LogP contribution >= 0.6 is 22.6 Å². The van der Waals surface area contributed by atoms with Gasteiger partial charge in [-0.2, -0.15) is 0 Å². The minimum absolute atomic E-state index is 0.00541. The molecule has 196 valence electrons. The SMILES string of the molecule is C[C@]12C[C@@H](OC(=O)C[131I])[C@H]3[C@@H](CC[C@]4(O)C[C@@H](O)C[C@@H](O)[C@]34CO)[C@@]1(O)CC[C@@H]2C1=CC(=O)OC1. The summed E-state index contributed by atoms with van der Waals surface area (Å²) in [6.07, 6.45) is 0.513. The van der Waals surface area contributed by atoms with Gasteiger partial charge in [-0.1, -0.05) is 29.5 Å². The van der Waals surface area contributed by atoms with E-state index in [0.717, 1.165) is 5.57 Å². The Kier molecular flexibility index (Phi) is 6.37. The van der Waals surface area contributed by atoms with Gasteiger partial charge in [-0.15, -0.1) is 0 Å². The standard InChI is InChI=1S/C25H35IO9/c1-22-9-17(35-20(31)10-26)21-16(25(22,33)5-3-15(22)13-6-19(30)34-11-13)2-4-23(32)8-14(28)7-18(29)24(21,23)12-27/h6,14-18,21,27-29,32-33H,2-5,7-12H2,1H3/t14-,15+,16+,17+,18+,21+,22+,23-,24+,25-/m0/s1/i26+4. The zero-order chi connectivity index (χ0) is 25.4. The van der Waals surface area contributed by atoms with E-state index in [-0.39, 0.29) is 42.6 Å². The van der Waals surface area contributed by atoms with Crippen LogP contribution in [0.3, 0.4) is 0 Å². The molecule has 1 aliphatic heterocycles. The summed E-state index contributed by atoms with van der Waals surface area (Å²) in [7, 11) is 0. The fourth-order valence-electron chi connectivity index (χ4n) is 8.97. The van der Waals surface area contributed by atoms with Gasteiger partial charge in [0.15, 0.2) is 0 Å². The Bertz CT molecular complexity index is 940. The molecule has 0 spiro atoms. The lowest BCUT2D eigenvalue weighted by atomic mass is 9.40. The first kappa shape index (κ1) is 25.8. The molecule has 4 saturated carbocycles. The van der Waals surface area contributed by atoms with Crippen LogP contribution in [0.1, 0.15) is 51.9 Å². The second-order valence-electron chi connectivity index (χ2n) is 11.6. The first-order chi connectivity index (χ1) is 16.5. The molecule has 1 heterocycles. The molecule has 0 amide bonds. The lowest BCUT2D eigenvalue weighted by Crippen LogP contribution is -2.76. The van der Waals surface area contributed by atoms with Gasteiger partial charge >= 0.3 is 11.9 Å². The molecule has 4 aliphatic carbocycles. The number of carbonyl (C=O) groups excluding carboxylic acids is 2. The number of halogens is 1. The third-order valence-electron chi connectivity index (χ3n) is 10.4. The number of fused-ring (bicyclic) bond motifs is 5. The molecule has 0 aromatic heterocycles. The van der Waals surface area contributed by atoms with Crippen molar-refractivity contribution in [2.75, 3.05) is 17.6 Å². The molecule has 0 saturated heterocycles. The predicted octanol–water partition coefficient (Wildman–Crippen LogP) is 0.619. The van der Waals surface area contributed by atoms with Crippen LogP contribution < -0.4 is 0 Å². The molecule has 5 N–H and O–H groups in total. The van der Waals surface area contributed by atoms with Crippen molar-refractivity contribution in [2.24, 2.45) is 28.6 Å². The minimum atomic E-state index is -1.56. The van der Waals surface area contributed by atoms with Crippen LogP contribution in [0.15, 0.2) is 11.6 Å². The summed E-state index contributed by atoms with van der Waals surface area (Å²) in [5.41, 5.74) is -4.15. The molecule has 5 rings (SSSR count). The average molecular weight is 610 g/mol. The topological polar surface area (TPSA) is 154 Å². The zero-order valence-corrected chi connectivity index (χ0v) is 22.0. The number of aliphatic hydroxyl groups excluding tert-OH is 3. The summed E-state index contributed by atoms with van der Waals surface area (Å²) in [6, 6.07) is 0. The first-order valence-electron chi connectivity index (χ1n) is 12.5. The van der Waals surface area contributed by atoms with Crippen LogP contribution in [0, 0.1) is 28.6 Å². The number of hydrogen-bond acceptors (Lipinski definition) is 9. The van der Waals surface area contributed by atoms with Crippen molar-refractivity contribution in [1.82, 2.24) is 0 Å². The summed E-state index contributed by atoms with van der Waals surface area (Å²) in [5, 5.41) is 56.7. The highest BCUT2D eigenvalue weighted by molar-refractivity contribution is 14.1. The van der Waals surface area contributed by atoms with Crippen LogP contribution in [-0.4, -0.2) is 84.6 Å². The molecular formula is C25H35IO9. The Morgan fingerprint density at radius 3 is 2.60 bits per heavy atom. The van der Waals surface area contributed by atoms with Gasteiger partial charge in [0.2, 0.25) is 0 Å². The molecule has 10 atom stereocenters. The van der Waals surface area contributed by atoms with Crippen molar-refractivity contribution in [3.8, 4) is 0 Å². The molecule has 10 heteroatoms. The van der Waals surface area contributed by atoms with Crippen LogP contribution in [0.4, 0.5) is 0 Å². The summed E-state index contributed by atoms with van der Waals surface area (Å²) < 4.78 is 11.3. The number of hydrogen-bond donors (Lipinski definition) is 5. The molecule has 0 radical (unpaired) electrons. The third kappa shape index (κ3) is 3.42. The predicted molar refractivity (Wildman–Crippen MR) is 130 cm³/mol. The van der Waals surface area contributed by atoms with Crippen LogP contribution in [0.5, 0.6) is 0 Å². The summed E-state index contributed by atoms with van der Waals surface area (Å²) in [6.45, 7) is 1.60. The lowest BCUT2D eigenvalue weighted by molar-refractivity contribution is -0.318. The van der Waals surface area contributed by atoms with E-state index in [4.69, 9.17) is 9.47 Å². The van der Waals surface area contributed by atoms with Crippen LogP contribution in [-0.2, 0) is 19.1 Å². The van der Waals surface area contributed by atoms with Crippen LogP contribution in [0.25, 0.3) is 0 Å². The van der Waals surface area contributed by atoms with Crippen molar-refractivity contribution in [3.05, 3.63) is 11.6 Å². The fraction of sp³-hybridized carbons (Fsp3) is 0.840. The van der Waals surface area contributed by atoms with E-state index in [1.165, 1.54) is 6.08 Å². The third-order valence-corrected chi connectivity index (χ3v) is 11.0. The van der Waals surface area contributed by atoms with Gasteiger partial charge in [0.1, 0.15) is 12.7 Å². The van der Waals surface area contributed by atoms with E-state index < -0.39 is 70.7 Å². The van der Waals surface area contributed by atoms with Gasteiger partial charge in [0.25, 0.3) is 0 Å². The highest BCUT2D eigenvalue weighted by Gasteiger charge is 2.75. The molecule has 0 bridgehead atoms. The average Bonchev–Trinajstić information content (AvgIpc) is 3.33. The highest BCUT2D eigenvalue weighted by atomic mass is 131. The maximum absolute atomic E-state index is 12.6. The van der Waals surface area contributed by atoms with Crippen molar-refractivity contribution in [1.29, 1.82) is 0 Å². The van der Waals surface area contributed by atoms with E-state index in [9.17, 15) is 35.1 Å². The molecular weight excluding hydrogens is 575 g/mol. The van der Waals surface area contributed by atoms with Gasteiger partial charge in [-0.25, -0.2) is 4.79 Å². The monoisotopic (exact) mass is 610 g/mol. The van der Waals surface area contributed by atoms with E-state index in [1.54, 1.807) is 0 Å². The van der Waals surface area contributed by atoms with Gasteiger partial charge in [-0.05, 0) is 49.5 Å². The maximum Gasteiger partial charge on any atom is 0.331 e. The molecule has 4 fully saturated rings. The fourth-order valence-corrected chi connectivity index (χ4v) is 9.15. The van der Waals surface area contributed by atoms with Crippen molar-refractivity contribution in [2.45, 2.75) is 81.4 Å². The number of alkyl halides is 1. The number of esters is 2. The van der Waals surface area contributed by atoms with Crippen molar-refractivity contribution < 1.29 is 44.6 Å². The van der Waals surface area contributed by atoms with E-state index in [2.05, 4.69) is 0 Å². The smallest absolute Gasteiger partial charge is 0.331 e. The molecule has 9 nitrogen and oxygen atoms in total. The van der Waals surface area contributed by atoms with Crippen molar-refractivity contribution >= 4 is 34.5 Å². The Labute approximate surface area is 218 Å². The number of carbonyl (C=O) groups is 2. The number of cyclic esters (lactones) is 1. The second kappa shape index (κ2) is 8.62. The van der Waals surface area contributed by atoms with Gasteiger partial charge in [0.05, 0.1) is 39.9 Å². The van der Waals surface area contributed by atoms with Gasteiger partial charge < -0.3 is 35.0 Å². The Hall–Kier alpha value is -0.790. The molecule has 35 heavy (non-hydrogen) atoms. The van der Waals surface area contributed by atoms with E-state index in [1.807, 2.05) is 29.5 Å².